The van der Waals surface area contributed by atoms with Crippen molar-refractivity contribution in [3.63, 3.8) is 0 Å². The summed E-state index contributed by atoms with van der Waals surface area (Å²) in [6, 6.07) is 7.53. The van der Waals surface area contributed by atoms with Gasteiger partial charge in [0.1, 0.15) is 0 Å². The minimum absolute atomic E-state index is 0.257. The number of rotatable bonds is 1. The van der Waals surface area contributed by atoms with Crippen molar-refractivity contribution < 1.29 is 4.79 Å². The lowest BCUT2D eigenvalue weighted by molar-refractivity contribution is -0.117. The Kier molecular flexibility index (Phi) is 3.42. The zero-order valence-electron chi connectivity index (χ0n) is 9.24. The molecule has 0 unspecified atom stereocenters. The van der Waals surface area contributed by atoms with Crippen LogP contribution in [0.1, 0.15) is 12.0 Å². The van der Waals surface area contributed by atoms with Crippen molar-refractivity contribution in [3.8, 4) is 0 Å². The first kappa shape index (κ1) is 11.4. The maximum atomic E-state index is 11.7. The van der Waals surface area contributed by atoms with Gasteiger partial charge in [-0.3, -0.25) is 4.79 Å². The molecule has 1 aliphatic rings. The number of benzene rings is 1. The first-order valence-electron chi connectivity index (χ1n) is 5.33. The van der Waals surface area contributed by atoms with E-state index in [4.69, 9.17) is 11.6 Å². The standard InChI is InChI=1S/C13H14ClNO/c1-15-7-6-13(16)11(9-15)8-10-2-4-12(14)5-3-10/h2-5,8H,6-7,9H2,1H3. The third-order valence-corrected chi connectivity index (χ3v) is 2.98. The summed E-state index contributed by atoms with van der Waals surface area (Å²) in [6.45, 7) is 1.60. The lowest BCUT2D eigenvalue weighted by atomic mass is 10.0. The molecule has 3 heteroatoms. The van der Waals surface area contributed by atoms with Crippen LogP contribution < -0.4 is 0 Å². The molecule has 2 nitrogen and oxygen atoms in total. The Morgan fingerprint density at radius 1 is 1.31 bits per heavy atom. The molecule has 1 heterocycles. The summed E-state index contributed by atoms with van der Waals surface area (Å²) in [7, 11) is 2.03. The van der Waals surface area contributed by atoms with Crippen LogP contribution in [0.25, 0.3) is 6.08 Å². The highest BCUT2D eigenvalue weighted by Gasteiger charge is 2.18. The van der Waals surface area contributed by atoms with E-state index < -0.39 is 0 Å². The Morgan fingerprint density at radius 2 is 2.00 bits per heavy atom. The molecule has 0 amide bonds. The van der Waals surface area contributed by atoms with Gasteiger partial charge in [0.2, 0.25) is 0 Å². The first-order chi connectivity index (χ1) is 7.65. The predicted molar refractivity (Wildman–Crippen MR) is 66.6 cm³/mol. The lowest BCUT2D eigenvalue weighted by Gasteiger charge is -2.23. The molecule has 0 saturated carbocycles. The Morgan fingerprint density at radius 3 is 2.69 bits per heavy atom. The minimum atomic E-state index is 0.257. The van der Waals surface area contributed by atoms with Gasteiger partial charge in [0.15, 0.2) is 5.78 Å². The van der Waals surface area contributed by atoms with E-state index in [1.54, 1.807) is 0 Å². The van der Waals surface area contributed by atoms with Crippen LogP contribution in [0.3, 0.4) is 0 Å². The number of carbonyl (C=O) groups excluding carboxylic acids is 1. The fourth-order valence-electron chi connectivity index (χ4n) is 1.80. The van der Waals surface area contributed by atoms with E-state index in [9.17, 15) is 4.79 Å². The van der Waals surface area contributed by atoms with Gasteiger partial charge in [0, 0.05) is 30.1 Å². The van der Waals surface area contributed by atoms with E-state index in [1.807, 2.05) is 37.4 Å². The van der Waals surface area contributed by atoms with E-state index in [0.717, 1.165) is 24.2 Å². The summed E-state index contributed by atoms with van der Waals surface area (Å²) < 4.78 is 0. The van der Waals surface area contributed by atoms with Crippen LogP contribution in [0.4, 0.5) is 0 Å². The fourth-order valence-corrected chi connectivity index (χ4v) is 1.92. The maximum absolute atomic E-state index is 11.7. The van der Waals surface area contributed by atoms with Gasteiger partial charge in [-0.25, -0.2) is 0 Å². The molecule has 1 saturated heterocycles. The highest BCUT2D eigenvalue weighted by atomic mass is 35.5. The number of likely N-dealkylation sites (N-methyl/N-ethyl adjacent to an activating group) is 1. The second-order valence-corrected chi connectivity index (χ2v) is 4.57. The summed E-state index contributed by atoms with van der Waals surface area (Å²) in [5.41, 5.74) is 1.92. The quantitative estimate of drug-likeness (QED) is 0.698. The number of halogens is 1. The fraction of sp³-hybridized carbons (Fsp3) is 0.308. The number of hydrogen-bond donors (Lipinski definition) is 0. The summed E-state index contributed by atoms with van der Waals surface area (Å²) >= 11 is 5.81. The molecule has 1 aromatic carbocycles. The molecule has 1 aromatic rings. The monoisotopic (exact) mass is 235 g/mol. The summed E-state index contributed by atoms with van der Waals surface area (Å²) in [5, 5.41) is 0.717. The Balaban J connectivity index is 2.22. The van der Waals surface area contributed by atoms with Gasteiger partial charge in [-0.15, -0.1) is 0 Å². The van der Waals surface area contributed by atoms with Crippen LogP contribution in [0, 0.1) is 0 Å². The Bertz CT molecular complexity index is 422. The van der Waals surface area contributed by atoms with Crippen LogP contribution in [-0.4, -0.2) is 30.8 Å². The third-order valence-electron chi connectivity index (χ3n) is 2.73. The number of ketones is 1. The topological polar surface area (TPSA) is 20.3 Å². The zero-order valence-corrected chi connectivity index (χ0v) is 10.00. The molecule has 0 spiro atoms. The summed E-state index contributed by atoms with van der Waals surface area (Å²) in [4.78, 5) is 13.8. The maximum Gasteiger partial charge on any atom is 0.161 e. The largest absolute Gasteiger partial charge is 0.302 e. The highest BCUT2D eigenvalue weighted by Crippen LogP contribution is 2.16. The van der Waals surface area contributed by atoms with Crippen LogP contribution in [0.2, 0.25) is 5.02 Å². The van der Waals surface area contributed by atoms with Gasteiger partial charge in [0.05, 0.1) is 0 Å². The van der Waals surface area contributed by atoms with Gasteiger partial charge in [-0.2, -0.15) is 0 Å². The van der Waals surface area contributed by atoms with Crippen LogP contribution in [0.5, 0.6) is 0 Å². The van der Waals surface area contributed by atoms with E-state index in [1.165, 1.54) is 0 Å². The number of carbonyl (C=O) groups is 1. The minimum Gasteiger partial charge on any atom is -0.302 e. The van der Waals surface area contributed by atoms with E-state index >= 15 is 0 Å². The third kappa shape index (κ3) is 2.71. The number of hydrogen-bond acceptors (Lipinski definition) is 2. The van der Waals surface area contributed by atoms with Gasteiger partial charge < -0.3 is 4.90 Å². The van der Waals surface area contributed by atoms with Crippen LogP contribution in [0.15, 0.2) is 29.8 Å². The van der Waals surface area contributed by atoms with Crippen molar-refractivity contribution in [1.29, 1.82) is 0 Å². The molecule has 0 aliphatic carbocycles. The molecular weight excluding hydrogens is 222 g/mol. The second-order valence-electron chi connectivity index (χ2n) is 4.13. The average Bonchev–Trinajstić information content (AvgIpc) is 2.27. The molecule has 0 radical (unpaired) electrons. The predicted octanol–water partition coefficient (Wildman–Crippen LogP) is 2.63. The number of likely N-dealkylation sites (tertiary alicyclic amines) is 1. The van der Waals surface area contributed by atoms with E-state index in [2.05, 4.69) is 4.90 Å². The van der Waals surface area contributed by atoms with Crippen molar-refractivity contribution in [1.82, 2.24) is 4.90 Å². The summed E-state index contributed by atoms with van der Waals surface area (Å²) in [5.74, 6) is 0.257. The van der Waals surface area contributed by atoms with Crippen molar-refractivity contribution in [3.05, 3.63) is 40.4 Å². The Hall–Kier alpha value is -1.12. The van der Waals surface area contributed by atoms with Crippen molar-refractivity contribution >= 4 is 23.5 Å². The van der Waals surface area contributed by atoms with E-state index in [0.29, 0.717) is 11.4 Å². The molecule has 2 rings (SSSR count). The lowest BCUT2D eigenvalue weighted by Crippen LogP contribution is -2.32. The van der Waals surface area contributed by atoms with Crippen molar-refractivity contribution in [2.75, 3.05) is 20.1 Å². The highest BCUT2D eigenvalue weighted by molar-refractivity contribution is 6.30. The van der Waals surface area contributed by atoms with Gasteiger partial charge in [-0.05, 0) is 30.8 Å². The molecular formula is C13H14ClNO. The number of nitrogens with zero attached hydrogens (tertiary/aromatic N) is 1. The molecule has 84 valence electrons. The van der Waals surface area contributed by atoms with Gasteiger partial charge in [0.25, 0.3) is 0 Å². The molecule has 0 atom stereocenters. The van der Waals surface area contributed by atoms with Crippen LogP contribution >= 0.6 is 11.6 Å². The van der Waals surface area contributed by atoms with Crippen LogP contribution in [-0.2, 0) is 4.79 Å². The first-order valence-corrected chi connectivity index (χ1v) is 5.71. The van der Waals surface area contributed by atoms with E-state index in [-0.39, 0.29) is 5.78 Å². The van der Waals surface area contributed by atoms with Crippen molar-refractivity contribution in [2.45, 2.75) is 6.42 Å². The van der Waals surface area contributed by atoms with Gasteiger partial charge in [-0.1, -0.05) is 23.7 Å². The number of Topliss-reactive ketones (excluding diaryl/α,β-unsaturated/α-hetero) is 1. The number of piperidine rings is 1. The molecule has 16 heavy (non-hydrogen) atoms. The summed E-state index contributed by atoms with van der Waals surface area (Å²) in [6.07, 6.45) is 2.57. The molecule has 1 aliphatic heterocycles. The van der Waals surface area contributed by atoms with Crippen molar-refractivity contribution in [2.24, 2.45) is 0 Å². The SMILES string of the molecule is CN1CCC(=O)C(=Cc2ccc(Cl)cc2)C1. The molecule has 0 aromatic heterocycles. The molecule has 1 fully saturated rings. The van der Waals surface area contributed by atoms with Gasteiger partial charge >= 0.3 is 0 Å². The molecule has 0 N–H and O–H groups in total. The smallest absolute Gasteiger partial charge is 0.161 e. The average molecular weight is 236 g/mol. The zero-order chi connectivity index (χ0) is 11.5. The normalized spacial score (nSPS) is 20.4. The molecule has 0 bridgehead atoms. The second kappa shape index (κ2) is 4.81. The Labute approximate surface area is 101 Å².